The third-order valence-electron chi connectivity index (χ3n) is 4.10. The molecule has 1 aromatic rings. The standard InChI is InChI=1S/C16H21NO3S/c1-16(2)12(10-13(16)20-3)17-15(19)14-11(7-9-21-14)6-4-5-8-18/h7,9,12-13,18H,5,8,10H2,1-3H3,(H,17,19). The van der Waals surface area contributed by atoms with Crippen LogP contribution in [0.4, 0.5) is 0 Å². The summed E-state index contributed by atoms with van der Waals surface area (Å²) in [5.74, 6) is 5.72. The molecule has 1 aliphatic carbocycles. The summed E-state index contributed by atoms with van der Waals surface area (Å²) in [4.78, 5) is 13.0. The zero-order valence-electron chi connectivity index (χ0n) is 12.6. The Morgan fingerprint density at radius 3 is 3.00 bits per heavy atom. The Bertz CT molecular complexity index is 568. The fraction of sp³-hybridized carbons (Fsp3) is 0.562. The molecular weight excluding hydrogens is 286 g/mol. The minimum absolute atomic E-state index is 0.0351. The van der Waals surface area contributed by atoms with Gasteiger partial charge in [0.2, 0.25) is 0 Å². The summed E-state index contributed by atoms with van der Waals surface area (Å²) >= 11 is 1.39. The number of rotatable bonds is 4. The summed E-state index contributed by atoms with van der Waals surface area (Å²) in [7, 11) is 1.71. The molecule has 1 aromatic heterocycles. The van der Waals surface area contributed by atoms with Gasteiger partial charge < -0.3 is 15.2 Å². The summed E-state index contributed by atoms with van der Waals surface area (Å²) < 4.78 is 5.40. The number of hydrogen-bond donors (Lipinski definition) is 2. The Hall–Kier alpha value is -1.35. The number of carbonyl (C=O) groups excluding carboxylic acids is 1. The first-order chi connectivity index (χ1) is 10.0. The van der Waals surface area contributed by atoms with Gasteiger partial charge in [-0.2, -0.15) is 0 Å². The van der Waals surface area contributed by atoms with Crippen LogP contribution in [-0.2, 0) is 4.74 Å². The van der Waals surface area contributed by atoms with Gasteiger partial charge in [0.1, 0.15) is 4.88 Å². The molecule has 4 nitrogen and oxygen atoms in total. The van der Waals surface area contributed by atoms with Crippen LogP contribution in [0.2, 0.25) is 0 Å². The number of hydrogen-bond acceptors (Lipinski definition) is 4. The van der Waals surface area contributed by atoms with Crippen molar-refractivity contribution in [2.45, 2.75) is 38.8 Å². The number of aliphatic hydroxyl groups is 1. The first-order valence-electron chi connectivity index (χ1n) is 7.01. The predicted molar refractivity (Wildman–Crippen MR) is 83.3 cm³/mol. The van der Waals surface area contributed by atoms with Crippen molar-refractivity contribution in [1.29, 1.82) is 0 Å². The van der Waals surface area contributed by atoms with Crippen LogP contribution in [-0.4, -0.2) is 36.9 Å². The van der Waals surface area contributed by atoms with Crippen molar-refractivity contribution in [3.05, 3.63) is 21.9 Å². The van der Waals surface area contributed by atoms with Gasteiger partial charge in [-0.15, -0.1) is 11.3 Å². The maximum Gasteiger partial charge on any atom is 0.262 e. The molecule has 0 aromatic carbocycles. The molecule has 1 fully saturated rings. The minimum atomic E-state index is -0.0778. The molecule has 1 heterocycles. The number of nitrogens with one attached hydrogen (secondary N) is 1. The van der Waals surface area contributed by atoms with Gasteiger partial charge in [0.25, 0.3) is 5.91 Å². The lowest BCUT2D eigenvalue weighted by atomic mass is 9.64. The number of amides is 1. The van der Waals surface area contributed by atoms with Crippen LogP contribution in [0, 0.1) is 17.3 Å². The molecule has 2 N–H and O–H groups in total. The van der Waals surface area contributed by atoms with Crippen LogP contribution in [0.3, 0.4) is 0 Å². The van der Waals surface area contributed by atoms with Crippen molar-refractivity contribution < 1.29 is 14.6 Å². The molecule has 0 bridgehead atoms. The number of ether oxygens (including phenoxy) is 1. The fourth-order valence-electron chi connectivity index (χ4n) is 2.55. The molecule has 0 spiro atoms. The maximum atomic E-state index is 12.4. The Kier molecular flexibility index (Phi) is 5.04. The fourth-order valence-corrected chi connectivity index (χ4v) is 3.30. The third kappa shape index (κ3) is 3.29. The molecule has 114 valence electrons. The average molecular weight is 307 g/mol. The molecule has 0 radical (unpaired) electrons. The highest BCUT2D eigenvalue weighted by molar-refractivity contribution is 7.12. The second kappa shape index (κ2) is 6.61. The summed E-state index contributed by atoms with van der Waals surface area (Å²) in [5.41, 5.74) is 0.677. The lowest BCUT2D eigenvalue weighted by molar-refractivity contribution is -0.0942. The Morgan fingerprint density at radius 2 is 2.38 bits per heavy atom. The van der Waals surface area contributed by atoms with Gasteiger partial charge in [0.15, 0.2) is 0 Å². The average Bonchev–Trinajstić information content (AvgIpc) is 2.91. The second-order valence-corrected chi connectivity index (χ2v) is 6.66. The highest BCUT2D eigenvalue weighted by Gasteiger charge is 2.49. The topological polar surface area (TPSA) is 58.6 Å². The van der Waals surface area contributed by atoms with Crippen LogP contribution in [0.15, 0.2) is 11.4 Å². The maximum absolute atomic E-state index is 12.4. The van der Waals surface area contributed by atoms with Crippen LogP contribution >= 0.6 is 11.3 Å². The SMILES string of the molecule is COC1CC(NC(=O)c2sccc2C#CCCO)C1(C)C. The van der Waals surface area contributed by atoms with Crippen molar-refractivity contribution in [2.75, 3.05) is 13.7 Å². The molecule has 0 saturated heterocycles. The Balaban J connectivity index is 2.03. The second-order valence-electron chi connectivity index (χ2n) is 5.75. The van der Waals surface area contributed by atoms with E-state index in [0.29, 0.717) is 11.3 Å². The van der Waals surface area contributed by atoms with Gasteiger partial charge in [-0.25, -0.2) is 0 Å². The molecule has 5 heteroatoms. The van der Waals surface area contributed by atoms with Crippen LogP contribution < -0.4 is 5.32 Å². The van der Waals surface area contributed by atoms with Crippen molar-refractivity contribution in [2.24, 2.45) is 5.41 Å². The molecule has 1 amide bonds. The van der Waals surface area contributed by atoms with Crippen LogP contribution in [0.25, 0.3) is 0 Å². The normalized spacial score (nSPS) is 22.9. The van der Waals surface area contributed by atoms with E-state index in [1.165, 1.54) is 11.3 Å². The molecule has 1 saturated carbocycles. The van der Waals surface area contributed by atoms with E-state index in [0.717, 1.165) is 12.0 Å². The number of thiophene rings is 1. The largest absolute Gasteiger partial charge is 0.395 e. The van der Waals surface area contributed by atoms with E-state index in [1.54, 1.807) is 7.11 Å². The van der Waals surface area contributed by atoms with Crippen molar-refractivity contribution in [3.63, 3.8) is 0 Å². The summed E-state index contributed by atoms with van der Waals surface area (Å²) in [5, 5.41) is 13.7. The van der Waals surface area contributed by atoms with E-state index in [4.69, 9.17) is 9.84 Å². The Labute approximate surface area is 129 Å². The van der Waals surface area contributed by atoms with Crippen LogP contribution in [0.1, 0.15) is 41.9 Å². The summed E-state index contributed by atoms with van der Waals surface area (Å²) in [6.07, 6.45) is 1.45. The van der Waals surface area contributed by atoms with Gasteiger partial charge >= 0.3 is 0 Å². The van der Waals surface area contributed by atoms with E-state index in [1.807, 2.05) is 11.4 Å². The zero-order chi connectivity index (χ0) is 15.5. The predicted octanol–water partition coefficient (Wildman–Crippen LogP) is 2.03. The molecule has 0 aliphatic heterocycles. The summed E-state index contributed by atoms with van der Waals surface area (Å²) in [6, 6.07) is 1.96. The Morgan fingerprint density at radius 1 is 1.62 bits per heavy atom. The molecule has 2 rings (SSSR count). The smallest absolute Gasteiger partial charge is 0.262 e. The number of carbonyl (C=O) groups is 1. The molecule has 2 atom stereocenters. The third-order valence-corrected chi connectivity index (χ3v) is 5.01. The van der Waals surface area contributed by atoms with E-state index >= 15 is 0 Å². The summed E-state index contributed by atoms with van der Waals surface area (Å²) in [6.45, 7) is 4.24. The van der Waals surface area contributed by atoms with Crippen molar-refractivity contribution in [1.82, 2.24) is 5.32 Å². The quantitative estimate of drug-likeness (QED) is 0.837. The van der Waals surface area contributed by atoms with Gasteiger partial charge in [0.05, 0.1) is 12.7 Å². The molecule has 1 aliphatic rings. The van der Waals surface area contributed by atoms with Crippen molar-refractivity contribution >= 4 is 17.2 Å². The van der Waals surface area contributed by atoms with Crippen LogP contribution in [0.5, 0.6) is 0 Å². The van der Waals surface area contributed by atoms with E-state index in [9.17, 15) is 4.79 Å². The highest BCUT2D eigenvalue weighted by atomic mass is 32.1. The monoisotopic (exact) mass is 307 g/mol. The number of methoxy groups -OCH3 is 1. The van der Waals surface area contributed by atoms with E-state index in [2.05, 4.69) is 31.0 Å². The zero-order valence-corrected chi connectivity index (χ0v) is 13.4. The first-order valence-corrected chi connectivity index (χ1v) is 7.89. The minimum Gasteiger partial charge on any atom is -0.395 e. The van der Waals surface area contributed by atoms with Gasteiger partial charge in [-0.05, 0) is 17.9 Å². The van der Waals surface area contributed by atoms with Gasteiger partial charge in [0, 0.05) is 30.6 Å². The first kappa shape index (κ1) is 16.0. The molecular formula is C16H21NO3S. The van der Waals surface area contributed by atoms with E-state index < -0.39 is 0 Å². The molecule has 21 heavy (non-hydrogen) atoms. The van der Waals surface area contributed by atoms with Gasteiger partial charge in [-0.1, -0.05) is 25.7 Å². The number of aliphatic hydroxyl groups excluding tert-OH is 1. The lowest BCUT2D eigenvalue weighted by Crippen LogP contribution is -2.61. The van der Waals surface area contributed by atoms with Crippen molar-refractivity contribution in [3.8, 4) is 11.8 Å². The van der Waals surface area contributed by atoms with E-state index in [-0.39, 0.29) is 30.1 Å². The van der Waals surface area contributed by atoms with Gasteiger partial charge in [-0.3, -0.25) is 4.79 Å². The highest BCUT2D eigenvalue weighted by Crippen LogP contribution is 2.42. The molecule has 2 unspecified atom stereocenters. The lowest BCUT2D eigenvalue weighted by Gasteiger charge is -2.51.